The predicted molar refractivity (Wildman–Crippen MR) is 58.2 cm³/mol. The van der Waals surface area contributed by atoms with Crippen molar-refractivity contribution in [1.82, 2.24) is 4.90 Å². The van der Waals surface area contributed by atoms with Gasteiger partial charge in [0.05, 0.1) is 6.61 Å². The van der Waals surface area contributed by atoms with Crippen LogP contribution in [0.5, 0.6) is 0 Å². The number of cyclic esters (lactones) is 1. The maximum atomic E-state index is 11.5. The van der Waals surface area contributed by atoms with Crippen molar-refractivity contribution in [1.29, 1.82) is 0 Å². The minimum Gasteiger partial charge on any atom is -0.481 e. The Morgan fingerprint density at radius 1 is 1.62 bits per heavy atom. The van der Waals surface area contributed by atoms with Crippen LogP contribution in [0.3, 0.4) is 0 Å². The van der Waals surface area contributed by atoms with Crippen LogP contribution in [0.4, 0.5) is 4.79 Å². The molecular formula is C11H19NO4. The monoisotopic (exact) mass is 229 g/mol. The maximum Gasteiger partial charge on any atom is 0.410 e. The van der Waals surface area contributed by atoms with Gasteiger partial charge in [0.1, 0.15) is 0 Å². The van der Waals surface area contributed by atoms with E-state index >= 15 is 0 Å². The molecular weight excluding hydrogens is 210 g/mol. The Kier molecular flexibility index (Phi) is 5.08. The van der Waals surface area contributed by atoms with Gasteiger partial charge in [-0.05, 0) is 12.8 Å². The van der Waals surface area contributed by atoms with E-state index in [0.717, 1.165) is 19.3 Å². The quantitative estimate of drug-likeness (QED) is 0.755. The van der Waals surface area contributed by atoms with Crippen molar-refractivity contribution in [2.75, 3.05) is 13.2 Å². The Morgan fingerprint density at radius 3 is 3.00 bits per heavy atom. The smallest absolute Gasteiger partial charge is 0.410 e. The lowest BCUT2D eigenvalue weighted by molar-refractivity contribution is -0.137. The largest absolute Gasteiger partial charge is 0.481 e. The fourth-order valence-electron chi connectivity index (χ4n) is 1.86. The molecule has 0 bridgehead atoms. The predicted octanol–water partition coefficient (Wildman–Crippen LogP) is 1.86. The van der Waals surface area contributed by atoms with Crippen molar-refractivity contribution >= 4 is 12.1 Å². The third-order valence-corrected chi connectivity index (χ3v) is 2.80. The SMILES string of the molecule is CCCCN1C(=O)OCCC1CCC(=O)O. The van der Waals surface area contributed by atoms with Crippen LogP contribution in [0.2, 0.25) is 0 Å². The molecule has 1 heterocycles. The van der Waals surface area contributed by atoms with E-state index in [-0.39, 0.29) is 18.6 Å². The summed E-state index contributed by atoms with van der Waals surface area (Å²) in [7, 11) is 0. The summed E-state index contributed by atoms with van der Waals surface area (Å²) in [5.74, 6) is -0.811. The van der Waals surface area contributed by atoms with Crippen LogP contribution >= 0.6 is 0 Å². The Bertz CT molecular complexity index is 254. The fourth-order valence-corrected chi connectivity index (χ4v) is 1.86. The first-order chi connectivity index (χ1) is 7.65. The number of aliphatic carboxylic acids is 1. The molecule has 1 aliphatic heterocycles. The van der Waals surface area contributed by atoms with Crippen LogP contribution in [0, 0.1) is 0 Å². The number of carboxylic acid groups (broad SMARTS) is 1. The number of carbonyl (C=O) groups is 2. The van der Waals surface area contributed by atoms with Crippen LogP contribution in [0.1, 0.15) is 39.0 Å². The van der Waals surface area contributed by atoms with E-state index in [4.69, 9.17) is 9.84 Å². The molecule has 0 saturated carbocycles. The average Bonchev–Trinajstić information content (AvgIpc) is 2.25. The lowest BCUT2D eigenvalue weighted by Crippen LogP contribution is -2.46. The summed E-state index contributed by atoms with van der Waals surface area (Å²) >= 11 is 0. The minimum atomic E-state index is -0.811. The molecule has 0 aromatic rings. The number of ether oxygens (including phenoxy) is 1. The second kappa shape index (κ2) is 6.35. The van der Waals surface area contributed by atoms with Gasteiger partial charge < -0.3 is 14.7 Å². The number of hydrogen-bond donors (Lipinski definition) is 1. The molecule has 0 aromatic carbocycles. The summed E-state index contributed by atoms with van der Waals surface area (Å²) in [4.78, 5) is 23.7. The highest BCUT2D eigenvalue weighted by molar-refractivity contribution is 5.69. The van der Waals surface area contributed by atoms with E-state index in [2.05, 4.69) is 6.92 Å². The molecule has 1 N–H and O–H groups in total. The molecule has 0 aromatic heterocycles. The molecule has 1 rings (SSSR count). The van der Waals surface area contributed by atoms with Gasteiger partial charge in [-0.25, -0.2) is 4.79 Å². The highest BCUT2D eigenvalue weighted by atomic mass is 16.6. The van der Waals surface area contributed by atoms with Gasteiger partial charge in [0.15, 0.2) is 0 Å². The van der Waals surface area contributed by atoms with E-state index in [1.54, 1.807) is 4.90 Å². The van der Waals surface area contributed by atoms with Gasteiger partial charge in [0.25, 0.3) is 0 Å². The molecule has 1 unspecified atom stereocenters. The molecule has 16 heavy (non-hydrogen) atoms. The summed E-state index contributed by atoms with van der Waals surface area (Å²) in [6, 6.07) is 0.0314. The standard InChI is InChI=1S/C11H19NO4/c1-2-3-7-12-9(4-5-10(13)14)6-8-16-11(12)15/h9H,2-8H2,1H3,(H,13,14). The molecule has 1 amide bonds. The number of hydrogen-bond acceptors (Lipinski definition) is 3. The van der Waals surface area contributed by atoms with Crippen molar-refractivity contribution in [3.63, 3.8) is 0 Å². The van der Waals surface area contributed by atoms with E-state index in [1.165, 1.54) is 0 Å². The van der Waals surface area contributed by atoms with Crippen LogP contribution in [-0.4, -0.2) is 41.3 Å². The average molecular weight is 229 g/mol. The highest BCUT2D eigenvalue weighted by Gasteiger charge is 2.29. The number of rotatable bonds is 6. The molecule has 5 nitrogen and oxygen atoms in total. The van der Waals surface area contributed by atoms with Crippen LogP contribution in [0.15, 0.2) is 0 Å². The van der Waals surface area contributed by atoms with E-state index in [9.17, 15) is 9.59 Å². The third kappa shape index (κ3) is 3.72. The minimum absolute atomic E-state index is 0.0314. The molecule has 1 atom stereocenters. The van der Waals surface area contributed by atoms with Gasteiger partial charge in [-0.1, -0.05) is 13.3 Å². The first-order valence-corrected chi connectivity index (χ1v) is 5.80. The van der Waals surface area contributed by atoms with Crippen LogP contribution in [0.25, 0.3) is 0 Å². The molecule has 1 aliphatic rings. The maximum absolute atomic E-state index is 11.5. The van der Waals surface area contributed by atoms with Crippen molar-refractivity contribution < 1.29 is 19.4 Å². The summed E-state index contributed by atoms with van der Waals surface area (Å²) in [5, 5.41) is 8.64. The van der Waals surface area contributed by atoms with Crippen LogP contribution in [-0.2, 0) is 9.53 Å². The first kappa shape index (κ1) is 12.8. The van der Waals surface area contributed by atoms with Gasteiger partial charge in [0, 0.05) is 25.4 Å². The summed E-state index contributed by atoms with van der Waals surface area (Å²) in [5.41, 5.74) is 0. The molecule has 0 aliphatic carbocycles. The summed E-state index contributed by atoms with van der Waals surface area (Å²) in [6.07, 6.45) is 3.01. The van der Waals surface area contributed by atoms with Gasteiger partial charge in [-0.3, -0.25) is 4.79 Å². The van der Waals surface area contributed by atoms with E-state index in [0.29, 0.717) is 19.6 Å². The lowest BCUT2D eigenvalue weighted by atomic mass is 10.1. The van der Waals surface area contributed by atoms with Gasteiger partial charge >= 0.3 is 12.1 Å². The van der Waals surface area contributed by atoms with Gasteiger partial charge in [0.2, 0.25) is 0 Å². The number of carbonyl (C=O) groups excluding carboxylic acids is 1. The summed E-state index contributed by atoms with van der Waals surface area (Å²) < 4.78 is 4.96. The molecule has 0 spiro atoms. The normalized spacial score (nSPS) is 20.7. The number of nitrogens with zero attached hydrogens (tertiary/aromatic N) is 1. The first-order valence-electron chi connectivity index (χ1n) is 5.80. The van der Waals surface area contributed by atoms with E-state index in [1.807, 2.05) is 0 Å². The second-order valence-corrected chi connectivity index (χ2v) is 4.04. The Balaban J connectivity index is 2.48. The molecule has 5 heteroatoms. The van der Waals surface area contributed by atoms with Crippen molar-refractivity contribution in [3.05, 3.63) is 0 Å². The zero-order chi connectivity index (χ0) is 12.0. The lowest BCUT2D eigenvalue weighted by Gasteiger charge is -2.34. The Labute approximate surface area is 95.4 Å². The molecule has 0 radical (unpaired) electrons. The zero-order valence-electron chi connectivity index (χ0n) is 9.65. The van der Waals surface area contributed by atoms with Gasteiger partial charge in [-0.15, -0.1) is 0 Å². The third-order valence-electron chi connectivity index (χ3n) is 2.80. The summed E-state index contributed by atoms with van der Waals surface area (Å²) in [6.45, 7) is 3.13. The fraction of sp³-hybridized carbons (Fsp3) is 0.818. The number of amides is 1. The van der Waals surface area contributed by atoms with Gasteiger partial charge in [-0.2, -0.15) is 0 Å². The Morgan fingerprint density at radius 2 is 2.38 bits per heavy atom. The molecule has 1 fully saturated rings. The zero-order valence-corrected chi connectivity index (χ0v) is 9.65. The number of carboxylic acids is 1. The van der Waals surface area contributed by atoms with Crippen molar-refractivity contribution in [3.8, 4) is 0 Å². The van der Waals surface area contributed by atoms with Crippen LogP contribution < -0.4 is 0 Å². The second-order valence-electron chi connectivity index (χ2n) is 4.04. The van der Waals surface area contributed by atoms with Crippen molar-refractivity contribution in [2.45, 2.75) is 45.1 Å². The topological polar surface area (TPSA) is 66.8 Å². The molecule has 92 valence electrons. The van der Waals surface area contributed by atoms with Crippen molar-refractivity contribution in [2.24, 2.45) is 0 Å². The molecule has 1 saturated heterocycles. The highest BCUT2D eigenvalue weighted by Crippen LogP contribution is 2.18. The number of unbranched alkanes of at least 4 members (excludes halogenated alkanes) is 1. The van der Waals surface area contributed by atoms with E-state index < -0.39 is 5.97 Å². The Hall–Kier alpha value is -1.26.